The Bertz CT molecular complexity index is 651. The Morgan fingerprint density at radius 2 is 2.18 bits per heavy atom. The highest BCUT2D eigenvalue weighted by Gasteiger charge is 2.25. The Labute approximate surface area is 129 Å². The Balaban J connectivity index is 1.82. The molecule has 2 rings (SSSR count). The van der Waals surface area contributed by atoms with E-state index in [1.165, 1.54) is 0 Å². The first-order valence-corrected chi connectivity index (χ1v) is 7.02. The highest BCUT2D eigenvalue weighted by atomic mass is 16.3. The Hall–Kier alpha value is -2.41. The molecular weight excluding hydrogens is 282 g/mol. The third kappa shape index (κ3) is 4.29. The summed E-state index contributed by atoms with van der Waals surface area (Å²) in [4.78, 5) is 16.1. The lowest BCUT2D eigenvalue weighted by molar-refractivity contribution is 0.0593. The maximum Gasteiger partial charge on any atom is 0.315 e. The van der Waals surface area contributed by atoms with E-state index in [-0.39, 0.29) is 12.6 Å². The van der Waals surface area contributed by atoms with Crippen molar-refractivity contribution in [1.29, 1.82) is 0 Å². The van der Waals surface area contributed by atoms with Crippen molar-refractivity contribution in [2.24, 2.45) is 7.05 Å². The first-order valence-electron chi connectivity index (χ1n) is 7.02. The van der Waals surface area contributed by atoms with Crippen molar-refractivity contribution in [2.75, 3.05) is 6.54 Å². The minimum Gasteiger partial charge on any atom is -0.383 e. The molecule has 0 fully saturated rings. The third-order valence-electron chi connectivity index (χ3n) is 3.30. The molecule has 0 aromatic carbocycles. The normalized spacial score (nSPS) is 13.5. The second-order valence-electron chi connectivity index (χ2n) is 5.48. The number of aliphatic hydroxyl groups is 1. The average molecular weight is 303 g/mol. The van der Waals surface area contributed by atoms with Crippen molar-refractivity contribution in [3.8, 4) is 0 Å². The quantitative estimate of drug-likeness (QED) is 0.763. The number of carbonyl (C=O) groups excluding carboxylic acids is 1. The van der Waals surface area contributed by atoms with Crippen LogP contribution in [0.5, 0.6) is 0 Å². The Morgan fingerprint density at radius 3 is 2.82 bits per heavy atom. The number of hydrogen-bond acceptors (Lipinski definition) is 4. The van der Waals surface area contributed by atoms with Crippen LogP contribution in [-0.2, 0) is 19.2 Å². The van der Waals surface area contributed by atoms with Crippen LogP contribution in [0, 0.1) is 6.92 Å². The molecule has 7 nitrogen and oxygen atoms in total. The molecule has 22 heavy (non-hydrogen) atoms. The van der Waals surface area contributed by atoms with Crippen molar-refractivity contribution in [2.45, 2.75) is 26.0 Å². The highest BCUT2D eigenvalue weighted by molar-refractivity contribution is 5.73. The summed E-state index contributed by atoms with van der Waals surface area (Å²) in [5.41, 5.74) is 1.16. The number of hydrogen-bond donors (Lipinski definition) is 3. The molecule has 2 aromatic rings. The van der Waals surface area contributed by atoms with Crippen molar-refractivity contribution in [3.63, 3.8) is 0 Å². The van der Waals surface area contributed by atoms with Crippen LogP contribution >= 0.6 is 0 Å². The number of nitrogens with one attached hydrogen (secondary N) is 2. The van der Waals surface area contributed by atoms with Gasteiger partial charge in [0.25, 0.3) is 0 Å². The van der Waals surface area contributed by atoms with Crippen LogP contribution in [0.3, 0.4) is 0 Å². The number of pyridine rings is 1. The number of rotatable bonds is 5. The predicted molar refractivity (Wildman–Crippen MR) is 82.0 cm³/mol. The van der Waals surface area contributed by atoms with Crippen LogP contribution < -0.4 is 10.6 Å². The molecule has 0 saturated carbocycles. The van der Waals surface area contributed by atoms with Crippen LogP contribution in [0.2, 0.25) is 0 Å². The lowest BCUT2D eigenvalue weighted by Gasteiger charge is -2.22. The van der Waals surface area contributed by atoms with Crippen molar-refractivity contribution in [3.05, 3.63) is 47.5 Å². The lowest BCUT2D eigenvalue weighted by Crippen LogP contribution is -2.43. The van der Waals surface area contributed by atoms with E-state index >= 15 is 0 Å². The maximum absolute atomic E-state index is 11.8. The average Bonchev–Trinajstić information content (AvgIpc) is 2.91. The summed E-state index contributed by atoms with van der Waals surface area (Å²) < 4.78 is 1.60. The van der Waals surface area contributed by atoms with Gasteiger partial charge in [-0.15, -0.1) is 0 Å². The largest absolute Gasteiger partial charge is 0.383 e. The fourth-order valence-electron chi connectivity index (χ4n) is 1.99. The SMILES string of the molecule is Cc1cccc(CNC(=O)NCC(C)(O)c2cnn(C)c2)n1. The first kappa shape index (κ1) is 16.0. The lowest BCUT2D eigenvalue weighted by atomic mass is 10.00. The number of carbonyl (C=O) groups is 1. The summed E-state index contributed by atoms with van der Waals surface area (Å²) >= 11 is 0. The molecular formula is C15H21N5O2. The van der Waals surface area contributed by atoms with Gasteiger partial charge in [-0.2, -0.15) is 5.10 Å². The number of nitrogens with zero attached hydrogens (tertiary/aromatic N) is 3. The summed E-state index contributed by atoms with van der Waals surface area (Å²) in [5, 5.41) is 19.7. The first-order chi connectivity index (χ1) is 10.4. The van der Waals surface area contributed by atoms with E-state index in [0.717, 1.165) is 11.4 Å². The molecule has 3 N–H and O–H groups in total. The standard InChI is InChI=1S/C15H21N5O2/c1-11-5-4-6-13(19-11)8-16-14(21)17-10-15(2,22)12-7-18-20(3)9-12/h4-7,9,22H,8,10H2,1-3H3,(H2,16,17,21). The maximum atomic E-state index is 11.8. The molecule has 0 radical (unpaired) electrons. The molecule has 1 unspecified atom stereocenters. The van der Waals surface area contributed by atoms with E-state index in [1.807, 2.05) is 25.1 Å². The van der Waals surface area contributed by atoms with Crippen molar-refractivity contribution < 1.29 is 9.90 Å². The fourth-order valence-corrected chi connectivity index (χ4v) is 1.99. The van der Waals surface area contributed by atoms with Crippen LogP contribution in [0.1, 0.15) is 23.9 Å². The molecule has 0 aliphatic heterocycles. The zero-order chi connectivity index (χ0) is 16.2. The predicted octanol–water partition coefficient (Wildman–Crippen LogP) is 0.830. The molecule has 118 valence electrons. The third-order valence-corrected chi connectivity index (χ3v) is 3.30. The van der Waals surface area contributed by atoms with Gasteiger partial charge in [0, 0.05) is 24.5 Å². The van der Waals surface area contributed by atoms with Crippen LogP contribution in [0.25, 0.3) is 0 Å². The monoisotopic (exact) mass is 303 g/mol. The van der Waals surface area contributed by atoms with Crippen molar-refractivity contribution >= 4 is 6.03 Å². The van der Waals surface area contributed by atoms with E-state index < -0.39 is 5.60 Å². The molecule has 2 heterocycles. The zero-order valence-corrected chi connectivity index (χ0v) is 13.0. The van der Waals surface area contributed by atoms with Gasteiger partial charge >= 0.3 is 6.03 Å². The molecule has 2 aromatic heterocycles. The van der Waals surface area contributed by atoms with Gasteiger partial charge in [-0.1, -0.05) is 6.07 Å². The number of amides is 2. The molecule has 2 amide bonds. The van der Waals surface area contributed by atoms with Crippen molar-refractivity contribution in [1.82, 2.24) is 25.4 Å². The van der Waals surface area contributed by atoms with Crippen LogP contribution in [0.4, 0.5) is 4.79 Å². The van der Waals surface area contributed by atoms with Gasteiger partial charge in [0.1, 0.15) is 5.60 Å². The minimum atomic E-state index is -1.17. The minimum absolute atomic E-state index is 0.0891. The van der Waals surface area contributed by atoms with E-state index in [0.29, 0.717) is 12.1 Å². The van der Waals surface area contributed by atoms with E-state index in [2.05, 4.69) is 20.7 Å². The van der Waals surface area contributed by atoms with Gasteiger partial charge in [-0.3, -0.25) is 9.67 Å². The Kier molecular flexibility index (Phi) is 4.77. The number of aromatic nitrogens is 3. The summed E-state index contributed by atoms with van der Waals surface area (Å²) in [6.45, 7) is 3.95. The van der Waals surface area contributed by atoms with Gasteiger partial charge in [0.2, 0.25) is 0 Å². The summed E-state index contributed by atoms with van der Waals surface area (Å²) in [5.74, 6) is 0. The summed E-state index contributed by atoms with van der Waals surface area (Å²) in [7, 11) is 1.77. The van der Waals surface area contributed by atoms with Crippen LogP contribution in [-0.4, -0.2) is 32.4 Å². The van der Waals surface area contributed by atoms with E-state index in [1.54, 1.807) is 31.0 Å². The van der Waals surface area contributed by atoms with Gasteiger partial charge in [0.15, 0.2) is 0 Å². The zero-order valence-electron chi connectivity index (χ0n) is 13.0. The molecule has 1 atom stereocenters. The molecule has 0 spiro atoms. The summed E-state index contributed by atoms with van der Waals surface area (Å²) in [6, 6.07) is 5.28. The second kappa shape index (κ2) is 6.57. The number of aryl methyl sites for hydroxylation is 2. The second-order valence-corrected chi connectivity index (χ2v) is 5.48. The van der Waals surface area contributed by atoms with Gasteiger partial charge in [-0.25, -0.2) is 4.79 Å². The van der Waals surface area contributed by atoms with Crippen LogP contribution in [0.15, 0.2) is 30.6 Å². The topological polar surface area (TPSA) is 92.1 Å². The summed E-state index contributed by atoms with van der Waals surface area (Å²) in [6.07, 6.45) is 3.30. The van der Waals surface area contributed by atoms with E-state index in [9.17, 15) is 9.90 Å². The highest BCUT2D eigenvalue weighted by Crippen LogP contribution is 2.18. The molecule has 0 aliphatic rings. The Morgan fingerprint density at radius 1 is 1.41 bits per heavy atom. The van der Waals surface area contributed by atoms with Gasteiger partial charge in [0.05, 0.1) is 25.0 Å². The molecule has 0 bridgehead atoms. The molecule has 7 heteroatoms. The number of urea groups is 1. The van der Waals surface area contributed by atoms with Gasteiger partial charge in [-0.05, 0) is 26.0 Å². The molecule has 0 aliphatic carbocycles. The fraction of sp³-hybridized carbons (Fsp3) is 0.400. The smallest absolute Gasteiger partial charge is 0.315 e. The molecule has 0 saturated heterocycles. The van der Waals surface area contributed by atoms with E-state index in [4.69, 9.17) is 0 Å². The van der Waals surface area contributed by atoms with Gasteiger partial charge < -0.3 is 15.7 Å².